The SMILES string of the molecule is CC(N)C1CCCCN1S(=O)(=O)c1ccc(F)c(F)c1. The third kappa shape index (κ3) is 2.84. The average Bonchev–Trinajstić information content (AvgIpc) is 2.41. The number of nitrogens with zero attached hydrogens (tertiary/aromatic N) is 1. The Bertz CT molecular complexity index is 590. The third-order valence-electron chi connectivity index (χ3n) is 3.60. The summed E-state index contributed by atoms with van der Waals surface area (Å²) in [6.45, 7) is 2.11. The number of benzene rings is 1. The van der Waals surface area contributed by atoms with Gasteiger partial charge in [0.2, 0.25) is 10.0 Å². The maximum Gasteiger partial charge on any atom is 0.243 e. The van der Waals surface area contributed by atoms with Gasteiger partial charge in [0, 0.05) is 18.6 Å². The van der Waals surface area contributed by atoms with Gasteiger partial charge >= 0.3 is 0 Å². The predicted octanol–water partition coefficient (Wildman–Crippen LogP) is 1.86. The minimum atomic E-state index is -3.85. The second-order valence-electron chi connectivity index (χ2n) is 5.11. The van der Waals surface area contributed by atoms with Crippen molar-refractivity contribution in [3.63, 3.8) is 0 Å². The average molecular weight is 304 g/mol. The summed E-state index contributed by atoms with van der Waals surface area (Å²) in [6.07, 6.45) is 2.34. The molecule has 1 aromatic carbocycles. The molecule has 1 aliphatic rings. The molecule has 0 spiro atoms. The van der Waals surface area contributed by atoms with Gasteiger partial charge in [-0.05, 0) is 38.0 Å². The molecule has 0 bridgehead atoms. The zero-order valence-corrected chi connectivity index (χ0v) is 12.0. The fraction of sp³-hybridized carbons (Fsp3) is 0.538. The first-order valence-electron chi connectivity index (χ1n) is 6.56. The van der Waals surface area contributed by atoms with Crippen molar-refractivity contribution in [3.8, 4) is 0 Å². The summed E-state index contributed by atoms with van der Waals surface area (Å²) in [5, 5.41) is 0. The summed E-state index contributed by atoms with van der Waals surface area (Å²) < 4.78 is 52.6. The minimum absolute atomic E-state index is 0.232. The van der Waals surface area contributed by atoms with E-state index in [1.807, 2.05) is 0 Å². The molecular weight excluding hydrogens is 286 g/mol. The Labute approximate surface area is 117 Å². The zero-order valence-electron chi connectivity index (χ0n) is 11.2. The lowest BCUT2D eigenvalue weighted by Gasteiger charge is -2.36. The van der Waals surface area contributed by atoms with Crippen molar-refractivity contribution in [2.75, 3.05) is 6.54 Å². The van der Waals surface area contributed by atoms with E-state index >= 15 is 0 Å². The van der Waals surface area contributed by atoms with Crippen LogP contribution in [-0.4, -0.2) is 31.4 Å². The Morgan fingerprint density at radius 1 is 1.30 bits per heavy atom. The van der Waals surface area contributed by atoms with Crippen molar-refractivity contribution < 1.29 is 17.2 Å². The third-order valence-corrected chi connectivity index (χ3v) is 5.52. The van der Waals surface area contributed by atoms with E-state index in [2.05, 4.69) is 0 Å². The topological polar surface area (TPSA) is 63.4 Å². The highest BCUT2D eigenvalue weighted by molar-refractivity contribution is 7.89. The predicted molar refractivity (Wildman–Crippen MR) is 71.5 cm³/mol. The standard InChI is InChI=1S/C13H18F2N2O2S/c1-9(16)13-4-2-3-7-17(13)20(18,19)10-5-6-11(14)12(15)8-10/h5-6,8-9,13H,2-4,7,16H2,1H3. The molecule has 4 nitrogen and oxygen atoms in total. The number of hydrogen-bond acceptors (Lipinski definition) is 3. The number of piperidine rings is 1. The van der Waals surface area contributed by atoms with Crippen LogP contribution in [0.4, 0.5) is 8.78 Å². The van der Waals surface area contributed by atoms with Crippen LogP contribution in [0.1, 0.15) is 26.2 Å². The molecule has 1 heterocycles. The molecule has 0 saturated carbocycles. The van der Waals surface area contributed by atoms with Crippen molar-refractivity contribution in [1.82, 2.24) is 4.31 Å². The molecule has 2 unspecified atom stereocenters. The van der Waals surface area contributed by atoms with Gasteiger partial charge in [0.1, 0.15) is 0 Å². The second-order valence-corrected chi connectivity index (χ2v) is 7.00. The summed E-state index contributed by atoms with van der Waals surface area (Å²) in [5.74, 6) is -2.23. The van der Waals surface area contributed by atoms with Crippen LogP contribution in [0.3, 0.4) is 0 Å². The van der Waals surface area contributed by atoms with E-state index in [1.54, 1.807) is 6.92 Å². The number of halogens is 2. The van der Waals surface area contributed by atoms with Crippen molar-refractivity contribution >= 4 is 10.0 Å². The fourth-order valence-electron chi connectivity index (χ4n) is 2.53. The lowest BCUT2D eigenvalue weighted by atomic mass is 10.00. The first kappa shape index (κ1) is 15.3. The Morgan fingerprint density at radius 3 is 2.60 bits per heavy atom. The smallest absolute Gasteiger partial charge is 0.243 e. The van der Waals surface area contributed by atoms with E-state index in [0.29, 0.717) is 13.0 Å². The summed E-state index contributed by atoms with van der Waals surface area (Å²) in [5.41, 5.74) is 5.85. The highest BCUT2D eigenvalue weighted by Gasteiger charge is 2.35. The Morgan fingerprint density at radius 2 is 2.00 bits per heavy atom. The lowest BCUT2D eigenvalue weighted by molar-refractivity contribution is 0.227. The van der Waals surface area contributed by atoms with Crippen LogP contribution in [-0.2, 0) is 10.0 Å². The number of sulfonamides is 1. The van der Waals surface area contributed by atoms with E-state index in [-0.39, 0.29) is 17.0 Å². The van der Waals surface area contributed by atoms with Gasteiger partial charge in [-0.15, -0.1) is 0 Å². The number of rotatable bonds is 3. The summed E-state index contributed by atoms with van der Waals surface area (Å²) in [6, 6.07) is 2.02. The maximum atomic E-state index is 13.2. The molecule has 2 atom stereocenters. The molecule has 1 aromatic rings. The molecule has 0 aromatic heterocycles. The molecule has 1 fully saturated rings. The van der Waals surface area contributed by atoms with Crippen LogP contribution < -0.4 is 5.73 Å². The van der Waals surface area contributed by atoms with Gasteiger partial charge in [0.25, 0.3) is 0 Å². The highest BCUT2D eigenvalue weighted by Crippen LogP contribution is 2.27. The van der Waals surface area contributed by atoms with E-state index in [1.165, 1.54) is 4.31 Å². The van der Waals surface area contributed by atoms with Crippen LogP contribution >= 0.6 is 0 Å². The molecule has 1 saturated heterocycles. The van der Waals surface area contributed by atoms with Crippen LogP contribution in [0.2, 0.25) is 0 Å². The van der Waals surface area contributed by atoms with Gasteiger partial charge < -0.3 is 5.73 Å². The quantitative estimate of drug-likeness (QED) is 0.927. The van der Waals surface area contributed by atoms with E-state index in [4.69, 9.17) is 5.73 Å². The van der Waals surface area contributed by atoms with E-state index < -0.39 is 21.7 Å². The van der Waals surface area contributed by atoms with Crippen molar-refractivity contribution in [2.24, 2.45) is 5.73 Å². The van der Waals surface area contributed by atoms with Gasteiger partial charge in [-0.3, -0.25) is 0 Å². The molecule has 0 amide bonds. The Kier molecular flexibility index (Phi) is 4.41. The lowest BCUT2D eigenvalue weighted by Crippen LogP contribution is -2.51. The maximum absolute atomic E-state index is 13.2. The molecular formula is C13H18F2N2O2S. The molecule has 2 rings (SSSR count). The van der Waals surface area contributed by atoms with Crippen LogP contribution in [0.25, 0.3) is 0 Å². The van der Waals surface area contributed by atoms with Gasteiger partial charge in [-0.1, -0.05) is 6.42 Å². The van der Waals surface area contributed by atoms with E-state index in [0.717, 1.165) is 31.0 Å². The number of hydrogen-bond donors (Lipinski definition) is 1. The molecule has 0 aliphatic carbocycles. The minimum Gasteiger partial charge on any atom is -0.326 e. The Hall–Kier alpha value is -1.05. The van der Waals surface area contributed by atoms with Gasteiger partial charge in [0.15, 0.2) is 11.6 Å². The zero-order chi connectivity index (χ0) is 14.9. The Balaban J connectivity index is 2.39. The van der Waals surface area contributed by atoms with Crippen molar-refractivity contribution in [1.29, 1.82) is 0 Å². The van der Waals surface area contributed by atoms with Crippen LogP contribution in [0.5, 0.6) is 0 Å². The molecule has 1 aliphatic heterocycles. The molecule has 112 valence electrons. The molecule has 2 N–H and O–H groups in total. The first-order valence-corrected chi connectivity index (χ1v) is 8.00. The largest absolute Gasteiger partial charge is 0.326 e. The van der Waals surface area contributed by atoms with Crippen LogP contribution in [0.15, 0.2) is 23.1 Å². The van der Waals surface area contributed by atoms with Gasteiger partial charge in [-0.25, -0.2) is 17.2 Å². The molecule has 20 heavy (non-hydrogen) atoms. The number of nitrogens with two attached hydrogens (primary N) is 1. The normalized spacial score (nSPS) is 22.7. The first-order chi connectivity index (χ1) is 9.34. The van der Waals surface area contributed by atoms with E-state index in [9.17, 15) is 17.2 Å². The summed E-state index contributed by atoms with van der Waals surface area (Å²) in [7, 11) is -3.85. The monoisotopic (exact) mass is 304 g/mol. The molecule has 0 radical (unpaired) electrons. The van der Waals surface area contributed by atoms with Crippen molar-refractivity contribution in [3.05, 3.63) is 29.8 Å². The molecule has 7 heteroatoms. The fourth-order valence-corrected chi connectivity index (χ4v) is 4.31. The van der Waals surface area contributed by atoms with Crippen molar-refractivity contribution in [2.45, 2.75) is 43.2 Å². The summed E-state index contributed by atoms with van der Waals surface area (Å²) >= 11 is 0. The van der Waals surface area contributed by atoms with Gasteiger partial charge in [-0.2, -0.15) is 4.31 Å². The highest BCUT2D eigenvalue weighted by atomic mass is 32.2. The van der Waals surface area contributed by atoms with Gasteiger partial charge in [0.05, 0.1) is 4.90 Å². The summed E-state index contributed by atoms with van der Waals surface area (Å²) in [4.78, 5) is -0.232. The second kappa shape index (κ2) is 5.75. The van der Waals surface area contributed by atoms with Crippen LogP contribution in [0, 0.1) is 11.6 Å².